The van der Waals surface area contributed by atoms with E-state index in [0.717, 1.165) is 36.6 Å². The summed E-state index contributed by atoms with van der Waals surface area (Å²) < 4.78 is 11.2. The Morgan fingerprint density at radius 1 is 1.18 bits per heavy atom. The number of rotatable bonds is 8. The summed E-state index contributed by atoms with van der Waals surface area (Å²) in [5.41, 5.74) is 0.959. The monoisotopic (exact) mass is 503 g/mol. The van der Waals surface area contributed by atoms with Crippen LogP contribution in [0.2, 0.25) is 0 Å². The Morgan fingerprint density at radius 3 is 2.46 bits per heavy atom. The van der Waals surface area contributed by atoms with Crippen LogP contribution in [0.1, 0.15) is 83.4 Å². The van der Waals surface area contributed by atoms with E-state index in [9.17, 15) is 0 Å². The van der Waals surface area contributed by atoms with Gasteiger partial charge in [-0.15, -0.1) is 24.0 Å². The zero-order chi connectivity index (χ0) is 19.9. The number of halogens is 1. The lowest BCUT2D eigenvalue weighted by Crippen LogP contribution is -2.36. The van der Waals surface area contributed by atoms with Gasteiger partial charge < -0.3 is 19.6 Å². The summed E-state index contributed by atoms with van der Waals surface area (Å²) in [7, 11) is 0. The van der Waals surface area contributed by atoms with Gasteiger partial charge in [0.2, 0.25) is 5.89 Å². The lowest BCUT2D eigenvalue weighted by atomic mass is 9.94. The summed E-state index contributed by atoms with van der Waals surface area (Å²) in [4.78, 5) is 8.90. The lowest BCUT2D eigenvalue weighted by molar-refractivity contribution is 0.372. The Labute approximate surface area is 185 Å². The first kappa shape index (κ1) is 24.5. The Bertz CT molecular complexity index is 729. The number of aromatic nitrogens is 2. The minimum Gasteiger partial charge on any atom is -0.443 e. The number of hydrogen-bond acceptors (Lipinski definition) is 5. The van der Waals surface area contributed by atoms with Crippen molar-refractivity contribution in [3.8, 4) is 0 Å². The fourth-order valence-corrected chi connectivity index (χ4v) is 2.70. The molecule has 2 heterocycles. The second-order valence-electron chi connectivity index (χ2n) is 7.65. The van der Waals surface area contributed by atoms with Crippen LogP contribution in [0.4, 0.5) is 0 Å². The molecule has 28 heavy (non-hydrogen) atoms. The van der Waals surface area contributed by atoms with Gasteiger partial charge in [0.15, 0.2) is 11.7 Å². The van der Waals surface area contributed by atoms with Crippen molar-refractivity contribution in [3.05, 3.63) is 35.4 Å². The molecule has 2 aromatic rings. The van der Waals surface area contributed by atoms with Crippen molar-refractivity contribution in [1.82, 2.24) is 20.8 Å². The number of nitrogens with one attached hydrogen (secondary N) is 2. The molecular formula is C20H34IN5O2. The molecule has 0 unspecified atom stereocenters. The van der Waals surface area contributed by atoms with Gasteiger partial charge in [0.1, 0.15) is 12.3 Å². The third-order valence-electron chi connectivity index (χ3n) is 4.42. The minimum absolute atomic E-state index is 0. The quantitative estimate of drug-likeness (QED) is 0.308. The van der Waals surface area contributed by atoms with Gasteiger partial charge in [0.05, 0.1) is 18.4 Å². The highest BCUT2D eigenvalue weighted by Crippen LogP contribution is 2.23. The molecule has 0 saturated heterocycles. The average Bonchev–Trinajstić information content (AvgIpc) is 3.28. The number of aliphatic imine (C=N–C) groups is 1. The van der Waals surface area contributed by atoms with E-state index in [1.807, 2.05) is 13.0 Å². The molecule has 158 valence electrons. The van der Waals surface area contributed by atoms with E-state index in [2.05, 4.69) is 60.4 Å². The largest absolute Gasteiger partial charge is 0.443 e. The second-order valence-corrected chi connectivity index (χ2v) is 7.65. The third-order valence-corrected chi connectivity index (χ3v) is 4.42. The van der Waals surface area contributed by atoms with Gasteiger partial charge in [-0.1, -0.05) is 39.8 Å². The second kappa shape index (κ2) is 11.4. The maximum atomic E-state index is 5.81. The Morgan fingerprint density at radius 2 is 1.89 bits per heavy atom. The normalized spacial score (nSPS) is 12.2. The van der Waals surface area contributed by atoms with Crippen LogP contribution in [0.3, 0.4) is 0 Å². The van der Waals surface area contributed by atoms with E-state index in [4.69, 9.17) is 8.94 Å². The van der Waals surface area contributed by atoms with Gasteiger partial charge in [0, 0.05) is 23.9 Å². The molecule has 0 spiro atoms. The van der Waals surface area contributed by atoms with Crippen LogP contribution < -0.4 is 10.6 Å². The molecule has 2 aromatic heterocycles. The number of oxazole rings is 1. The summed E-state index contributed by atoms with van der Waals surface area (Å²) in [6.45, 7) is 14.3. The van der Waals surface area contributed by atoms with Gasteiger partial charge in [-0.3, -0.25) is 0 Å². The van der Waals surface area contributed by atoms with E-state index < -0.39 is 0 Å². The highest BCUT2D eigenvalue weighted by molar-refractivity contribution is 14.0. The molecule has 0 aromatic carbocycles. The lowest BCUT2D eigenvalue weighted by Gasteiger charge is -2.13. The molecule has 0 aliphatic heterocycles. The molecule has 0 atom stereocenters. The van der Waals surface area contributed by atoms with E-state index in [1.165, 1.54) is 0 Å². The first-order chi connectivity index (χ1) is 12.9. The van der Waals surface area contributed by atoms with Gasteiger partial charge in [-0.2, -0.15) is 0 Å². The average molecular weight is 503 g/mol. The molecule has 0 saturated carbocycles. The van der Waals surface area contributed by atoms with E-state index in [0.29, 0.717) is 30.9 Å². The molecule has 0 aliphatic carbocycles. The molecular weight excluding hydrogens is 469 g/mol. The van der Waals surface area contributed by atoms with Crippen LogP contribution in [0, 0.1) is 0 Å². The van der Waals surface area contributed by atoms with Gasteiger partial charge in [-0.05, 0) is 19.8 Å². The summed E-state index contributed by atoms with van der Waals surface area (Å²) >= 11 is 0. The van der Waals surface area contributed by atoms with Crippen LogP contribution in [-0.4, -0.2) is 22.6 Å². The first-order valence-corrected chi connectivity index (χ1v) is 9.80. The van der Waals surface area contributed by atoms with Crippen LogP contribution in [0.5, 0.6) is 0 Å². The number of nitrogens with zero attached hydrogens (tertiary/aromatic N) is 3. The Balaban J connectivity index is 0.00000392. The summed E-state index contributed by atoms with van der Waals surface area (Å²) in [5.74, 6) is 3.41. The topological polar surface area (TPSA) is 88.5 Å². The van der Waals surface area contributed by atoms with Crippen molar-refractivity contribution < 1.29 is 8.94 Å². The highest BCUT2D eigenvalue weighted by Gasteiger charge is 2.19. The fourth-order valence-electron chi connectivity index (χ4n) is 2.70. The van der Waals surface area contributed by atoms with E-state index in [-0.39, 0.29) is 29.4 Å². The van der Waals surface area contributed by atoms with Crippen LogP contribution in [-0.2, 0) is 18.5 Å². The number of hydrogen-bond donors (Lipinski definition) is 2. The SMILES string of the molecule is CCNC(=NCc1cc(C(CC)CC)no1)NCc1ncc(C(C)(C)C)o1.I. The minimum atomic E-state index is -0.0529. The predicted molar refractivity (Wildman–Crippen MR) is 122 cm³/mol. The number of guanidine groups is 1. The zero-order valence-electron chi connectivity index (χ0n) is 17.8. The third kappa shape index (κ3) is 7.10. The first-order valence-electron chi connectivity index (χ1n) is 9.80. The van der Waals surface area contributed by atoms with Crippen molar-refractivity contribution in [2.75, 3.05) is 6.54 Å². The predicted octanol–water partition coefficient (Wildman–Crippen LogP) is 4.74. The molecule has 0 radical (unpaired) electrons. The standard InChI is InChI=1S/C20H33N5O2.HI/c1-7-14(8-2)16-10-15(27-25-16)11-23-19(21-9-3)24-13-18-22-12-17(26-18)20(4,5)6;/h10,12,14H,7-9,11,13H2,1-6H3,(H2,21,23,24);1H. The van der Waals surface area contributed by atoms with Gasteiger partial charge in [-0.25, -0.2) is 9.98 Å². The fraction of sp³-hybridized carbons (Fsp3) is 0.650. The molecule has 2 N–H and O–H groups in total. The van der Waals surface area contributed by atoms with Crippen molar-refractivity contribution in [3.63, 3.8) is 0 Å². The van der Waals surface area contributed by atoms with Crippen LogP contribution in [0.15, 0.2) is 26.2 Å². The van der Waals surface area contributed by atoms with Crippen molar-refractivity contribution in [2.45, 2.75) is 78.8 Å². The summed E-state index contributed by atoms with van der Waals surface area (Å²) in [6, 6.07) is 2.01. The molecule has 0 amide bonds. The maximum absolute atomic E-state index is 5.81. The molecule has 0 bridgehead atoms. The Kier molecular flexibility index (Phi) is 9.98. The van der Waals surface area contributed by atoms with E-state index >= 15 is 0 Å². The Hall–Kier alpha value is -1.58. The molecule has 0 fully saturated rings. The smallest absolute Gasteiger partial charge is 0.213 e. The van der Waals surface area contributed by atoms with Crippen molar-refractivity contribution >= 4 is 29.9 Å². The highest BCUT2D eigenvalue weighted by atomic mass is 127. The molecule has 7 nitrogen and oxygen atoms in total. The maximum Gasteiger partial charge on any atom is 0.213 e. The molecule has 8 heteroatoms. The van der Waals surface area contributed by atoms with Crippen molar-refractivity contribution in [2.24, 2.45) is 4.99 Å². The molecule has 2 rings (SSSR count). The zero-order valence-corrected chi connectivity index (χ0v) is 20.2. The van der Waals surface area contributed by atoms with Crippen LogP contribution in [0.25, 0.3) is 0 Å². The summed E-state index contributed by atoms with van der Waals surface area (Å²) in [5, 5.41) is 10.7. The van der Waals surface area contributed by atoms with Gasteiger partial charge in [0.25, 0.3) is 0 Å². The van der Waals surface area contributed by atoms with Gasteiger partial charge >= 0.3 is 0 Å². The van der Waals surface area contributed by atoms with E-state index in [1.54, 1.807) is 6.20 Å². The molecule has 0 aliphatic rings. The van der Waals surface area contributed by atoms with Crippen LogP contribution >= 0.6 is 24.0 Å². The summed E-state index contributed by atoms with van der Waals surface area (Å²) in [6.07, 6.45) is 3.90. The van der Waals surface area contributed by atoms with Crippen molar-refractivity contribution in [1.29, 1.82) is 0 Å².